The summed E-state index contributed by atoms with van der Waals surface area (Å²) in [6, 6.07) is -0.0338. The Morgan fingerprint density at radius 3 is 2.29 bits per heavy atom. The van der Waals surface area contributed by atoms with Crippen LogP contribution in [0.1, 0.15) is 18.6 Å². The van der Waals surface area contributed by atoms with E-state index in [1.165, 1.54) is 0 Å². The third-order valence-electron chi connectivity index (χ3n) is 1.28. The number of hydrogen-bond acceptors (Lipinski definition) is 6. The maximum atomic E-state index is 10.9. The van der Waals surface area contributed by atoms with Crippen LogP contribution in [0.2, 0.25) is 0 Å². The average molecular weight is 197 g/mol. The molecule has 0 aliphatic heterocycles. The summed E-state index contributed by atoms with van der Waals surface area (Å²) in [5.41, 5.74) is 0. The van der Waals surface area contributed by atoms with Gasteiger partial charge in [-0.2, -0.15) is 9.97 Å². The van der Waals surface area contributed by atoms with Gasteiger partial charge in [0, 0.05) is 0 Å². The number of carbonyl (C=O) groups excluding carboxylic acids is 1. The summed E-state index contributed by atoms with van der Waals surface area (Å²) in [6.07, 6.45) is -0.808. The standard InChI is InChI=1S/C8H11N3O3/c1-4-13-8(12)14-7-10-5(2)9-6(3)11-7/h4H2,1-3H3. The van der Waals surface area contributed by atoms with E-state index in [1.807, 2.05) is 0 Å². The molecule has 1 rings (SSSR count). The lowest BCUT2D eigenvalue weighted by atomic mass is 10.6. The Kier molecular flexibility index (Phi) is 3.33. The Morgan fingerprint density at radius 2 is 1.79 bits per heavy atom. The normalized spacial score (nSPS) is 9.64. The molecule has 0 aromatic carbocycles. The number of aromatic nitrogens is 3. The third kappa shape index (κ3) is 2.96. The van der Waals surface area contributed by atoms with Crippen LogP contribution in [-0.4, -0.2) is 27.7 Å². The topological polar surface area (TPSA) is 74.2 Å². The highest BCUT2D eigenvalue weighted by Crippen LogP contribution is 2.03. The Bertz CT molecular complexity index is 320. The van der Waals surface area contributed by atoms with Crippen LogP contribution in [0.3, 0.4) is 0 Å². The van der Waals surface area contributed by atoms with Crippen LogP contribution in [-0.2, 0) is 4.74 Å². The van der Waals surface area contributed by atoms with E-state index in [1.54, 1.807) is 20.8 Å². The minimum absolute atomic E-state index is 0.0338. The monoisotopic (exact) mass is 197 g/mol. The summed E-state index contributed by atoms with van der Waals surface area (Å²) in [4.78, 5) is 22.4. The molecule has 0 spiro atoms. The Hall–Kier alpha value is -1.72. The van der Waals surface area contributed by atoms with Gasteiger partial charge in [-0.25, -0.2) is 9.78 Å². The number of ether oxygens (including phenoxy) is 2. The molecule has 0 saturated carbocycles. The van der Waals surface area contributed by atoms with Gasteiger partial charge in [-0.05, 0) is 20.8 Å². The average Bonchev–Trinajstić information content (AvgIpc) is 2.01. The van der Waals surface area contributed by atoms with Crippen molar-refractivity contribution in [3.63, 3.8) is 0 Å². The van der Waals surface area contributed by atoms with Crippen LogP contribution in [0, 0.1) is 13.8 Å². The molecular formula is C8H11N3O3. The molecule has 0 radical (unpaired) electrons. The fourth-order valence-electron chi connectivity index (χ4n) is 0.853. The predicted molar refractivity (Wildman–Crippen MR) is 47.0 cm³/mol. The van der Waals surface area contributed by atoms with Crippen molar-refractivity contribution in [1.82, 2.24) is 15.0 Å². The third-order valence-corrected chi connectivity index (χ3v) is 1.28. The zero-order chi connectivity index (χ0) is 10.6. The van der Waals surface area contributed by atoms with Crippen LogP contribution in [0.25, 0.3) is 0 Å². The van der Waals surface area contributed by atoms with Crippen molar-refractivity contribution in [2.75, 3.05) is 6.61 Å². The highest BCUT2D eigenvalue weighted by molar-refractivity contribution is 5.62. The van der Waals surface area contributed by atoms with Gasteiger partial charge in [-0.1, -0.05) is 0 Å². The second-order valence-corrected chi connectivity index (χ2v) is 2.50. The van der Waals surface area contributed by atoms with Crippen molar-refractivity contribution in [2.45, 2.75) is 20.8 Å². The Morgan fingerprint density at radius 1 is 1.21 bits per heavy atom. The zero-order valence-corrected chi connectivity index (χ0v) is 8.27. The number of aryl methyl sites for hydroxylation is 2. The first-order valence-corrected chi connectivity index (χ1v) is 4.15. The number of rotatable bonds is 2. The molecule has 1 heterocycles. The van der Waals surface area contributed by atoms with E-state index in [2.05, 4.69) is 19.7 Å². The summed E-state index contributed by atoms with van der Waals surface area (Å²) in [5, 5.41) is 0. The van der Waals surface area contributed by atoms with E-state index in [4.69, 9.17) is 4.74 Å². The van der Waals surface area contributed by atoms with Crippen LogP contribution in [0.4, 0.5) is 4.79 Å². The van der Waals surface area contributed by atoms with Gasteiger partial charge in [-0.3, -0.25) is 0 Å². The van der Waals surface area contributed by atoms with E-state index < -0.39 is 6.16 Å². The van der Waals surface area contributed by atoms with Crippen LogP contribution in [0.5, 0.6) is 6.01 Å². The molecule has 0 bridgehead atoms. The van der Waals surface area contributed by atoms with Crippen molar-refractivity contribution in [2.24, 2.45) is 0 Å². The minimum Gasteiger partial charge on any atom is -0.434 e. The van der Waals surface area contributed by atoms with Gasteiger partial charge >= 0.3 is 12.2 Å². The summed E-state index contributed by atoms with van der Waals surface area (Å²) in [5.74, 6) is 0.994. The molecule has 6 heteroatoms. The fraction of sp³-hybridized carbons (Fsp3) is 0.500. The molecular weight excluding hydrogens is 186 g/mol. The van der Waals surface area contributed by atoms with Gasteiger partial charge in [0.1, 0.15) is 11.6 Å². The second-order valence-electron chi connectivity index (χ2n) is 2.50. The van der Waals surface area contributed by atoms with E-state index in [0.29, 0.717) is 11.6 Å². The van der Waals surface area contributed by atoms with E-state index in [0.717, 1.165) is 0 Å². The highest BCUT2D eigenvalue weighted by atomic mass is 16.7. The molecule has 76 valence electrons. The molecule has 0 unspecified atom stereocenters. The molecule has 0 amide bonds. The minimum atomic E-state index is -0.808. The lowest BCUT2D eigenvalue weighted by molar-refractivity contribution is 0.100. The van der Waals surface area contributed by atoms with Gasteiger partial charge in [0.2, 0.25) is 0 Å². The van der Waals surface area contributed by atoms with E-state index in [9.17, 15) is 4.79 Å². The van der Waals surface area contributed by atoms with Gasteiger partial charge in [-0.15, -0.1) is 0 Å². The molecule has 0 aliphatic rings. The van der Waals surface area contributed by atoms with E-state index >= 15 is 0 Å². The van der Waals surface area contributed by atoms with Crippen molar-refractivity contribution < 1.29 is 14.3 Å². The smallest absolute Gasteiger partial charge is 0.434 e. The molecule has 0 N–H and O–H groups in total. The first-order valence-electron chi connectivity index (χ1n) is 4.15. The van der Waals surface area contributed by atoms with Gasteiger partial charge in [0.25, 0.3) is 0 Å². The summed E-state index contributed by atoms with van der Waals surface area (Å²) >= 11 is 0. The summed E-state index contributed by atoms with van der Waals surface area (Å²) < 4.78 is 9.26. The van der Waals surface area contributed by atoms with Crippen LogP contribution >= 0.6 is 0 Å². The summed E-state index contributed by atoms with van der Waals surface area (Å²) in [7, 11) is 0. The number of nitrogens with zero attached hydrogens (tertiary/aromatic N) is 3. The van der Waals surface area contributed by atoms with Crippen molar-refractivity contribution >= 4 is 6.16 Å². The van der Waals surface area contributed by atoms with Crippen molar-refractivity contribution in [3.8, 4) is 6.01 Å². The molecule has 14 heavy (non-hydrogen) atoms. The number of carbonyl (C=O) groups is 1. The predicted octanol–water partition coefficient (Wildman–Crippen LogP) is 1.02. The van der Waals surface area contributed by atoms with Crippen LogP contribution in [0.15, 0.2) is 0 Å². The zero-order valence-electron chi connectivity index (χ0n) is 8.27. The molecule has 1 aromatic heterocycles. The maximum absolute atomic E-state index is 10.9. The van der Waals surface area contributed by atoms with Crippen molar-refractivity contribution in [3.05, 3.63) is 11.6 Å². The Labute approximate surface area is 81.3 Å². The fourth-order valence-corrected chi connectivity index (χ4v) is 0.853. The molecule has 1 aromatic rings. The number of hydrogen-bond donors (Lipinski definition) is 0. The van der Waals surface area contributed by atoms with Gasteiger partial charge < -0.3 is 9.47 Å². The first-order chi connectivity index (χ1) is 6.61. The lowest BCUT2D eigenvalue weighted by Gasteiger charge is -2.02. The molecule has 0 atom stereocenters. The quantitative estimate of drug-likeness (QED) is 0.659. The lowest BCUT2D eigenvalue weighted by Crippen LogP contribution is -2.13. The molecule has 6 nitrogen and oxygen atoms in total. The molecule has 0 saturated heterocycles. The van der Waals surface area contributed by atoms with Gasteiger partial charge in [0.15, 0.2) is 0 Å². The largest absolute Gasteiger partial charge is 0.516 e. The molecule has 0 aliphatic carbocycles. The highest BCUT2D eigenvalue weighted by Gasteiger charge is 2.08. The first kappa shape index (κ1) is 10.4. The SMILES string of the molecule is CCOC(=O)Oc1nc(C)nc(C)n1. The van der Waals surface area contributed by atoms with Crippen LogP contribution < -0.4 is 4.74 Å². The van der Waals surface area contributed by atoms with Gasteiger partial charge in [0.05, 0.1) is 6.61 Å². The Balaban J connectivity index is 2.71. The van der Waals surface area contributed by atoms with E-state index in [-0.39, 0.29) is 12.6 Å². The summed E-state index contributed by atoms with van der Waals surface area (Å²) in [6.45, 7) is 5.31. The second kappa shape index (κ2) is 4.50. The maximum Gasteiger partial charge on any atom is 0.516 e. The molecule has 0 fully saturated rings. The van der Waals surface area contributed by atoms with Crippen molar-refractivity contribution in [1.29, 1.82) is 0 Å².